The number of aromatic nitrogens is 2. The average Bonchev–Trinajstić information content (AvgIpc) is 2.54. The molecule has 0 unspecified atom stereocenters. The van der Waals surface area contributed by atoms with Crippen LogP contribution in [0.1, 0.15) is 23.4 Å². The molecule has 0 aliphatic heterocycles. The van der Waals surface area contributed by atoms with E-state index in [1.807, 2.05) is 0 Å². The summed E-state index contributed by atoms with van der Waals surface area (Å²) < 4.78 is 9.23. The lowest BCUT2D eigenvalue weighted by Gasteiger charge is -1.93. The van der Waals surface area contributed by atoms with Crippen molar-refractivity contribution in [2.75, 3.05) is 6.61 Å². The second-order valence-electron chi connectivity index (χ2n) is 2.04. The molecule has 7 nitrogen and oxygen atoms in total. The van der Waals surface area contributed by atoms with E-state index in [9.17, 15) is 4.79 Å². The molecule has 0 saturated heterocycles. The zero-order valence-corrected chi connectivity index (χ0v) is 7.02. The average molecular weight is 187 g/mol. The molecule has 0 amide bonds. The summed E-state index contributed by atoms with van der Waals surface area (Å²) in [6, 6.07) is 0. The summed E-state index contributed by atoms with van der Waals surface area (Å²) in [6.45, 7) is 1.91. The van der Waals surface area contributed by atoms with E-state index in [-0.39, 0.29) is 24.9 Å². The number of nitrogens with two attached hydrogens (primary N) is 1. The Bertz CT molecular complexity index is 285. The van der Waals surface area contributed by atoms with Crippen LogP contribution in [0, 0.1) is 0 Å². The van der Waals surface area contributed by atoms with Gasteiger partial charge < -0.3 is 9.26 Å². The Hall–Kier alpha value is -1.47. The van der Waals surface area contributed by atoms with Gasteiger partial charge in [0.25, 0.3) is 11.7 Å². The maximum Gasteiger partial charge on any atom is 0.379 e. The first kappa shape index (κ1) is 9.62. The Labute approximate surface area is 73.8 Å². The Morgan fingerprint density at radius 3 is 3.08 bits per heavy atom. The summed E-state index contributed by atoms with van der Waals surface area (Å²) in [5, 5.41) is 3.36. The molecule has 0 fully saturated rings. The zero-order valence-electron chi connectivity index (χ0n) is 7.02. The molecule has 0 saturated carbocycles. The second kappa shape index (κ2) is 4.53. The van der Waals surface area contributed by atoms with Crippen LogP contribution >= 0.6 is 0 Å². The van der Waals surface area contributed by atoms with E-state index >= 15 is 0 Å². The number of carbonyl (C=O) groups excluding carboxylic acids is 1. The predicted molar refractivity (Wildman–Crippen MR) is 39.2 cm³/mol. The fraction of sp³-hybridized carbons (Fsp3) is 0.500. The minimum absolute atomic E-state index is 0.0353. The topological polar surface area (TPSA) is 100 Å². The van der Waals surface area contributed by atoms with Crippen LogP contribution in [0.25, 0.3) is 0 Å². The molecule has 0 aliphatic carbocycles. The maximum atomic E-state index is 11.0. The summed E-state index contributed by atoms with van der Waals surface area (Å²) in [5.41, 5.74) is 0. The molecule has 7 heteroatoms. The van der Waals surface area contributed by atoms with Crippen molar-refractivity contribution in [3.8, 4) is 0 Å². The van der Waals surface area contributed by atoms with Gasteiger partial charge in [-0.1, -0.05) is 0 Å². The number of hydrogen-bond donors (Lipinski definition) is 1. The minimum atomic E-state index is -0.630. The van der Waals surface area contributed by atoms with Crippen molar-refractivity contribution >= 4 is 5.97 Å². The molecule has 72 valence electrons. The fourth-order valence-corrected chi connectivity index (χ4v) is 0.663. The normalized spacial score (nSPS) is 10.0. The molecule has 1 aromatic rings. The van der Waals surface area contributed by atoms with Gasteiger partial charge in [-0.2, -0.15) is 4.98 Å². The van der Waals surface area contributed by atoms with Crippen LogP contribution in [0.4, 0.5) is 0 Å². The first-order valence-electron chi connectivity index (χ1n) is 3.59. The quantitative estimate of drug-likeness (QED) is 0.507. The van der Waals surface area contributed by atoms with Gasteiger partial charge in [-0.25, -0.2) is 10.7 Å². The van der Waals surface area contributed by atoms with E-state index in [1.165, 1.54) is 0 Å². The molecule has 13 heavy (non-hydrogen) atoms. The Morgan fingerprint density at radius 1 is 1.69 bits per heavy atom. The van der Waals surface area contributed by atoms with Gasteiger partial charge in [0.1, 0.15) is 6.61 Å². The van der Waals surface area contributed by atoms with E-state index in [2.05, 4.69) is 24.2 Å². The van der Waals surface area contributed by atoms with Crippen molar-refractivity contribution in [1.82, 2.24) is 10.1 Å². The van der Waals surface area contributed by atoms with Gasteiger partial charge in [-0.15, -0.1) is 0 Å². The lowest BCUT2D eigenvalue weighted by atomic mass is 10.6. The van der Waals surface area contributed by atoms with Gasteiger partial charge in [0.05, 0.1) is 6.61 Å². The molecular weight excluding hydrogens is 178 g/mol. The van der Waals surface area contributed by atoms with Crippen LogP contribution in [-0.4, -0.2) is 22.7 Å². The van der Waals surface area contributed by atoms with E-state index in [0.29, 0.717) is 0 Å². The number of ether oxygens (including phenoxy) is 1. The SMILES string of the molecule is CCOC(=O)c1noc(CON)n1. The fourth-order valence-electron chi connectivity index (χ4n) is 0.663. The van der Waals surface area contributed by atoms with Gasteiger partial charge in [0.15, 0.2) is 0 Å². The number of carbonyl (C=O) groups is 1. The largest absolute Gasteiger partial charge is 0.460 e. The number of rotatable bonds is 4. The van der Waals surface area contributed by atoms with Crippen molar-refractivity contribution in [2.45, 2.75) is 13.5 Å². The van der Waals surface area contributed by atoms with Crippen molar-refractivity contribution in [3.63, 3.8) is 0 Å². The molecule has 0 aliphatic rings. The highest BCUT2D eigenvalue weighted by molar-refractivity contribution is 5.84. The van der Waals surface area contributed by atoms with Crippen molar-refractivity contribution in [3.05, 3.63) is 11.7 Å². The predicted octanol–water partition coefficient (Wildman–Crippen LogP) is -0.363. The van der Waals surface area contributed by atoms with Crippen LogP contribution in [0.3, 0.4) is 0 Å². The highest BCUT2D eigenvalue weighted by atomic mass is 16.6. The maximum absolute atomic E-state index is 11.0. The smallest absolute Gasteiger partial charge is 0.379 e. The van der Waals surface area contributed by atoms with Gasteiger partial charge >= 0.3 is 5.97 Å². The van der Waals surface area contributed by atoms with Crippen LogP contribution in [0.2, 0.25) is 0 Å². The van der Waals surface area contributed by atoms with Crippen molar-refractivity contribution in [1.29, 1.82) is 0 Å². The highest BCUT2D eigenvalue weighted by Gasteiger charge is 2.14. The van der Waals surface area contributed by atoms with Crippen LogP contribution in [0.15, 0.2) is 4.52 Å². The lowest BCUT2D eigenvalue weighted by molar-refractivity contribution is 0.0508. The summed E-state index contributed by atoms with van der Waals surface area (Å²) in [7, 11) is 0. The molecule has 0 atom stereocenters. The first-order valence-corrected chi connectivity index (χ1v) is 3.59. The van der Waals surface area contributed by atoms with Gasteiger partial charge in [-0.05, 0) is 12.1 Å². The molecule has 1 aromatic heterocycles. The van der Waals surface area contributed by atoms with Gasteiger partial charge in [0, 0.05) is 0 Å². The second-order valence-corrected chi connectivity index (χ2v) is 2.04. The Kier molecular flexibility index (Phi) is 3.35. The Morgan fingerprint density at radius 2 is 2.46 bits per heavy atom. The monoisotopic (exact) mass is 187 g/mol. The van der Waals surface area contributed by atoms with Crippen LogP contribution in [-0.2, 0) is 16.2 Å². The molecule has 0 radical (unpaired) electrons. The van der Waals surface area contributed by atoms with E-state index in [0.717, 1.165) is 0 Å². The lowest BCUT2D eigenvalue weighted by Crippen LogP contribution is -2.07. The highest BCUT2D eigenvalue weighted by Crippen LogP contribution is 1.99. The Balaban J connectivity index is 2.62. The summed E-state index contributed by atoms with van der Waals surface area (Å²) in [4.78, 5) is 18.9. The summed E-state index contributed by atoms with van der Waals surface area (Å²) >= 11 is 0. The van der Waals surface area contributed by atoms with Gasteiger partial charge in [-0.3, -0.25) is 4.84 Å². The number of esters is 1. The van der Waals surface area contributed by atoms with Crippen molar-refractivity contribution in [2.24, 2.45) is 5.90 Å². The third-order valence-electron chi connectivity index (χ3n) is 1.13. The number of nitrogens with zero attached hydrogens (tertiary/aromatic N) is 2. The van der Waals surface area contributed by atoms with Gasteiger partial charge in [0.2, 0.25) is 0 Å². The summed E-state index contributed by atoms with van der Waals surface area (Å²) in [6.07, 6.45) is 0. The number of hydrogen-bond acceptors (Lipinski definition) is 7. The van der Waals surface area contributed by atoms with Crippen molar-refractivity contribution < 1.29 is 18.9 Å². The molecule has 2 N–H and O–H groups in total. The molecular formula is C6H9N3O4. The molecule has 0 spiro atoms. The summed E-state index contributed by atoms with van der Waals surface area (Å²) in [5.74, 6) is 4.13. The molecule has 1 rings (SSSR count). The van der Waals surface area contributed by atoms with Crippen LogP contribution < -0.4 is 5.90 Å². The third kappa shape index (κ3) is 2.49. The van der Waals surface area contributed by atoms with E-state index in [4.69, 9.17) is 5.90 Å². The minimum Gasteiger partial charge on any atom is -0.460 e. The zero-order chi connectivity index (χ0) is 9.68. The van der Waals surface area contributed by atoms with Crippen LogP contribution in [0.5, 0.6) is 0 Å². The molecule has 1 heterocycles. The molecule has 0 aromatic carbocycles. The standard InChI is InChI=1S/C6H9N3O4/c1-2-11-6(10)5-8-4(3-12-7)13-9-5/h2-3,7H2,1H3. The molecule has 0 bridgehead atoms. The van der Waals surface area contributed by atoms with E-state index in [1.54, 1.807) is 6.92 Å². The first-order chi connectivity index (χ1) is 6.27. The third-order valence-corrected chi connectivity index (χ3v) is 1.13. The van der Waals surface area contributed by atoms with E-state index < -0.39 is 5.97 Å².